The van der Waals surface area contributed by atoms with Crippen molar-refractivity contribution in [3.05, 3.63) is 34.8 Å². The molecule has 0 spiro atoms. The Labute approximate surface area is 114 Å². The lowest BCUT2D eigenvalue weighted by molar-refractivity contribution is 0.102. The number of amides is 1. The number of rotatable bonds is 2. The van der Waals surface area contributed by atoms with E-state index in [1.165, 1.54) is 18.3 Å². The van der Waals surface area contributed by atoms with Crippen LogP contribution in [0.5, 0.6) is 0 Å². The van der Waals surface area contributed by atoms with Crippen LogP contribution in [0.4, 0.5) is 10.1 Å². The molecule has 0 unspecified atom stereocenters. The molecule has 0 radical (unpaired) electrons. The van der Waals surface area contributed by atoms with Gasteiger partial charge in [0.15, 0.2) is 0 Å². The van der Waals surface area contributed by atoms with Gasteiger partial charge in [0.05, 0.1) is 17.6 Å². The van der Waals surface area contributed by atoms with Crippen LogP contribution in [0.3, 0.4) is 0 Å². The van der Waals surface area contributed by atoms with Crippen molar-refractivity contribution in [1.29, 1.82) is 0 Å². The number of pyridine rings is 1. The first-order chi connectivity index (χ1) is 8.88. The molecule has 100 valence electrons. The van der Waals surface area contributed by atoms with E-state index in [0.717, 1.165) is 11.5 Å². The minimum Gasteiger partial charge on any atom is -0.320 e. The zero-order valence-corrected chi connectivity index (χ0v) is 11.6. The van der Waals surface area contributed by atoms with Crippen LogP contribution in [-0.4, -0.2) is 20.5 Å². The summed E-state index contributed by atoms with van der Waals surface area (Å²) in [4.78, 5) is 16.1. The number of nitrogens with zero attached hydrogens (tertiary/aromatic N) is 3. The molecule has 0 aliphatic rings. The fourth-order valence-corrected chi connectivity index (χ4v) is 2.24. The van der Waals surface area contributed by atoms with Crippen molar-refractivity contribution in [2.24, 2.45) is 0 Å². The maximum absolute atomic E-state index is 12.7. The van der Waals surface area contributed by atoms with E-state index >= 15 is 0 Å². The fraction of sp³-hybridized carbons (Fsp3) is 0.333. The van der Waals surface area contributed by atoms with E-state index in [4.69, 9.17) is 0 Å². The van der Waals surface area contributed by atoms with Crippen LogP contribution in [0.1, 0.15) is 36.1 Å². The molecule has 5 nitrogen and oxygen atoms in total. The topological polar surface area (TPSA) is 67.8 Å². The average molecular weight is 280 g/mol. The number of halogens is 1. The molecular formula is C12H13FN4OS. The molecule has 0 aliphatic carbocycles. The Balaban J connectivity index is 2.21. The highest BCUT2D eigenvalue weighted by atomic mass is 32.1. The van der Waals surface area contributed by atoms with Gasteiger partial charge in [-0.05, 0) is 23.7 Å². The molecule has 7 heteroatoms. The fourth-order valence-electron chi connectivity index (χ4n) is 1.47. The van der Waals surface area contributed by atoms with Gasteiger partial charge < -0.3 is 5.32 Å². The Hall–Kier alpha value is -1.89. The minimum atomic E-state index is -0.590. The lowest BCUT2D eigenvalue weighted by Gasteiger charge is -2.16. The van der Waals surface area contributed by atoms with Crippen LogP contribution >= 0.6 is 11.5 Å². The van der Waals surface area contributed by atoms with Gasteiger partial charge in [-0.15, -0.1) is 5.10 Å². The molecule has 1 N–H and O–H groups in total. The second-order valence-electron chi connectivity index (χ2n) is 5.02. The van der Waals surface area contributed by atoms with Crippen molar-refractivity contribution in [2.75, 3.05) is 5.32 Å². The largest absolute Gasteiger partial charge is 0.320 e. The van der Waals surface area contributed by atoms with Gasteiger partial charge in [-0.3, -0.25) is 4.79 Å². The van der Waals surface area contributed by atoms with Crippen LogP contribution in [0, 0.1) is 5.95 Å². The van der Waals surface area contributed by atoms with E-state index in [1.54, 1.807) is 0 Å². The van der Waals surface area contributed by atoms with E-state index in [0.29, 0.717) is 16.3 Å². The molecule has 1 amide bonds. The van der Waals surface area contributed by atoms with Crippen molar-refractivity contribution >= 4 is 23.1 Å². The lowest BCUT2D eigenvalue weighted by atomic mass is 9.91. The summed E-state index contributed by atoms with van der Waals surface area (Å²) < 4.78 is 16.5. The second-order valence-corrected chi connectivity index (χ2v) is 5.78. The molecule has 2 aromatic rings. The maximum atomic E-state index is 12.7. The van der Waals surface area contributed by atoms with Crippen LogP contribution in [0.15, 0.2) is 18.3 Å². The number of hydrogen-bond acceptors (Lipinski definition) is 5. The summed E-state index contributed by atoms with van der Waals surface area (Å²) in [5.41, 5.74) is 0.811. The minimum absolute atomic E-state index is 0.263. The third kappa shape index (κ3) is 3.11. The summed E-state index contributed by atoms with van der Waals surface area (Å²) in [5, 5.41) is 6.64. The molecule has 2 rings (SSSR count). The van der Waals surface area contributed by atoms with Crippen molar-refractivity contribution < 1.29 is 9.18 Å². The molecule has 0 saturated carbocycles. The first-order valence-corrected chi connectivity index (χ1v) is 6.41. The van der Waals surface area contributed by atoms with Crippen molar-refractivity contribution in [2.45, 2.75) is 26.2 Å². The van der Waals surface area contributed by atoms with Crippen molar-refractivity contribution in [3.63, 3.8) is 0 Å². The number of hydrogen-bond donors (Lipinski definition) is 1. The summed E-state index contributed by atoms with van der Waals surface area (Å²) in [7, 11) is 0. The maximum Gasteiger partial charge on any atom is 0.269 e. The van der Waals surface area contributed by atoms with Gasteiger partial charge in [0.25, 0.3) is 5.91 Å². The van der Waals surface area contributed by atoms with E-state index in [2.05, 4.69) is 19.9 Å². The first-order valence-electron chi connectivity index (χ1n) is 5.63. The number of aromatic nitrogens is 3. The lowest BCUT2D eigenvalue weighted by Crippen LogP contribution is -2.19. The Kier molecular flexibility index (Phi) is 3.57. The number of carbonyl (C=O) groups excluding carboxylic acids is 1. The quantitative estimate of drug-likeness (QED) is 0.859. The summed E-state index contributed by atoms with van der Waals surface area (Å²) in [6, 6.07) is 2.64. The summed E-state index contributed by atoms with van der Waals surface area (Å²) in [6.45, 7) is 5.87. The van der Waals surface area contributed by atoms with Crippen LogP contribution in [0.25, 0.3) is 0 Å². The third-order valence-electron chi connectivity index (χ3n) is 2.39. The van der Waals surface area contributed by atoms with Gasteiger partial charge in [-0.25, -0.2) is 4.98 Å². The molecule has 0 atom stereocenters. The summed E-state index contributed by atoms with van der Waals surface area (Å²) >= 11 is 1.04. The van der Waals surface area contributed by atoms with E-state index in [1.807, 2.05) is 20.8 Å². The SMILES string of the molecule is CC(C)(C)c1nnsc1C(=O)Nc1ccc(F)nc1. The summed E-state index contributed by atoms with van der Waals surface area (Å²) in [5.74, 6) is -0.902. The van der Waals surface area contributed by atoms with Gasteiger partial charge in [0, 0.05) is 5.41 Å². The Morgan fingerprint density at radius 1 is 1.37 bits per heavy atom. The monoisotopic (exact) mass is 280 g/mol. The van der Waals surface area contributed by atoms with Gasteiger partial charge in [-0.2, -0.15) is 4.39 Å². The van der Waals surface area contributed by atoms with E-state index in [9.17, 15) is 9.18 Å². The highest BCUT2D eigenvalue weighted by Crippen LogP contribution is 2.26. The number of carbonyl (C=O) groups is 1. The zero-order valence-electron chi connectivity index (χ0n) is 10.8. The Morgan fingerprint density at radius 3 is 2.68 bits per heavy atom. The molecule has 0 aromatic carbocycles. The molecule has 2 aromatic heterocycles. The predicted molar refractivity (Wildman–Crippen MR) is 70.8 cm³/mol. The Bertz CT molecular complexity index is 589. The summed E-state index contributed by atoms with van der Waals surface area (Å²) in [6.07, 6.45) is 1.26. The van der Waals surface area contributed by atoms with Crippen LogP contribution in [0.2, 0.25) is 0 Å². The van der Waals surface area contributed by atoms with Crippen molar-refractivity contribution in [1.82, 2.24) is 14.6 Å². The van der Waals surface area contributed by atoms with E-state index < -0.39 is 5.95 Å². The number of nitrogens with one attached hydrogen (secondary N) is 1. The molecule has 0 bridgehead atoms. The molecule has 0 fully saturated rings. The Morgan fingerprint density at radius 2 is 2.11 bits per heavy atom. The molecule has 19 heavy (non-hydrogen) atoms. The first kappa shape index (κ1) is 13.5. The zero-order chi connectivity index (χ0) is 14.0. The highest BCUT2D eigenvalue weighted by Gasteiger charge is 2.26. The molecule has 0 aliphatic heterocycles. The van der Waals surface area contributed by atoms with Gasteiger partial charge in [0.2, 0.25) is 5.95 Å². The van der Waals surface area contributed by atoms with Crippen molar-refractivity contribution in [3.8, 4) is 0 Å². The smallest absolute Gasteiger partial charge is 0.269 e. The van der Waals surface area contributed by atoms with Gasteiger partial charge >= 0.3 is 0 Å². The second kappa shape index (κ2) is 5.00. The van der Waals surface area contributed by atoms with Gasteiger partial charge in [-0.1, -0.05) is 25.3 Å². The van der Waals surface area contributed by atoms with E-state index in [-0.39, 0.29) is 11.3 Å². The molecule has 0 saturated heterocycles. The molecular weight excluding hydrogens is 267 g/mol. The van der Waals surface area contributed by atoms with Crippen LogP contribution in [-0.2, 0) is 5.41 Å². The third-order valence-corrected chi connectivity index (χ3v) is 3.11. The van der Waals surface area contributed by atoms with Crippen LogP contribution < -0.4 is 5.32 Å². The average Bonchev–Trinajstić information content (AvgIpc) is 2.81. The van der Waals surface area contributed by atoms with Gasteiger partial charge in [0.1, 0.15) is 4.88 Å². The molecule has 2 heterocycles. The predicted octanol–water partition coefficient (Wildman–Crippen LogP) is 2.62. The standard InChI is InChI=1S/C12H13FN4OS/c1-12(2,3)10-9(19-17-16-10)11(18)15-7-4-5-8(13)14-6-7/h4-6H,1-3H3,(H,15,18). The number of anilines is 1. The normalized spacial score (nSPS) is 11.4. The highest BCUT2D eigenvalue weighted by molar-refractivity contribution is 7.08.